The number of hydrogen-bond donors (Lipinski definition) is 9. The number of aromatic carboxylic acids is 5. The Kier molecular flexibility index (Phi) is 26.8. The normalized spacial score (nSPS) is 10.4. The van der Waals surface area contributed by atoms with Gasteiger partial charge in [0.15, 0.2) is 0 Å². The van der Waals surface area contributed by atoms with Crippen molar-refractivity contribution in [3.63, 3.8) is 0 Å². The van der Waals surface area contributed by atoms with Gasteiger partial charge in [-0.05, 0) is 164 Å². The van der Waals surface area contributed by atoms with Gasteiger partial charge in [-0.1, -0.05) is 152 Å². The summed E-state index contributed by atoms with van der Waals surface area (Å²) in [5.41, 5.74) is 22.2. The number of carbonyl (C=O) groups is 7. The first-order chi connectivity index (χ1) is 51.5. The van der Waals surface area contributed by atoms with Crippen LogP contribution < -0.4 is 36.3 Å². The van der Waals surface area contributed by atoms with E-state index in [1.54, 1.807) is 155 Å². The number of carbonyl (C=O) groups excluding carboxylic acids is 2. The molecule has 0 fully saturated rings. The van der Waals surface area contributed by atoms with Crippen molar-refractivity contribution >= 4 is 85.7 Å². The number of anilines is 2. The van der Waals surface area contributed by atoms with Crippen molar-refractivity contribution in [3.8, 4) is 17.2 Å². The number of aryl methyl sites for hydroxylation is 4. The summed E-state index contributed by atoms with van der Waals surface area (Å²) in [5.74, 6) is -4.08. The number of carboxylic acid groups (broad SMARTS) is 5. The van der Waals surface area contributed by atoms with Crippen LogP contribution in [0.4, 0.5) is 11.4 Å². The fourth-order valence-electron chi connectivity index (χ4n) is 11.1. The van der Waals surface area contributed by atoms with Crippen LogP contribution in [0.1, 0.15) is 123 Å². The number of fused-ring (bicyclic) bond motifs is 3. The Morgan fingerprint density at radius 1 is 0.355 bits per heavy atom. The maximum atomic E-state index is 12.7. The second-order valence-corrected chi connectivity index (χ2v) is 24.1. The van der Waals surface area contributed by atoms with Crippen molar-refractivity contribution in [2.45, 2.75) is 60.6 Å². The molecule has 540 valence electrons. The second-order valence-electron chi connectivity index (χ2n) is 24.1. The van der Waals surface area contributed by atoms with Crippen molar-refractivity contribution < 1.29 is 73.3 Å². The molecule has 107 heavy (non-hydrogen) atoms. The fourth-order valence-corrected chi connectivity index (χ4v) is 11.1. The van der Waals surface area contributed by atoms with E-state index in [9.17, 15) is 43.8 Å². The lowest BCUT2D eigenvalue weighted by Gasteiger charge is -2.12. The monoisotopic (exact) mass is 1430 g/mol. The van der Waals surface area contributed by atoms with Crippen LogP contribution in [0.15, 0.2) is 255 Å². The molecule has 2 amide bonds. The molecule has 22 heteroatoms. The number of hydrogen-bond acceptors (Lipinski definition) is 15. The Bertz CT molecular complexity index is 5400. The summed E-state index contributed by atoms with van der Waals surface area (Å²) < 4.78 is 17.3. The molecular formula is C85H75N7O15. The lowest BCUT2D eigenvalue weighted by atomic mass is 10.0. The van der Waals surface area contributed by atoms with E-state index in [0.29, 0.717) is 74.1 Å². The minimum atomic E-state index is -1.09. The number of aromatic nitrogens is 3. The summed E-state index contributed by atoms with van der Waals surface area (Å²) in [7, 11) is 0. The van der Waals surface area contributed by atoms with E-state index in [2.05, 4.69) is 25.6 Å². The van der Waals surface area contributed by atoms with Crippen molar-refractivity contribution in [2.24, 2.45) is 5.73 Å². The predicted octanol–water partition coefficient (Wildman–Crippen LogP) is 15.8. The Morgan fingerprint density at radius 3 is 1.11 bits per heavy atom. The van der Waals surface area contributed by atoms with Crippen LogP contribution in [0.3, 0.4) is 0 Å². The van der Waals surface area contributed by atoms with Gasteiger partial charge in [0, 0.05) is 46.1 Å². The maximum absolute atomic E-state index is 12.7. The number of rotatable bonds is 20. The van der Waals surface area contributed by atoms with Crippen LogP contribution in [0, 0.1) is 27.7 Å². The zero-order chi connectivity index (χ0) is 76.5. The first-order valence-electron chi connectivity index (χ1n) is 33.3. The lowest BCUT2D eigenvalue weighted by molar-refractivity contribution is 0.0683. The van der Waals surface area contributed by atoms with E-state index in [1.807, 2.05) is 115 Å². The second kappa shape index (κ2) is 37.2. The largest absolute Gasteiger partial charge is 0.487 e. The van der Waals surface area contributed by atoms with Crippen LogP contribution in [0.2, 0.25) is 0 Å². The molecule has 13 aromatic rings. The molecule has 0 spiro atoms. The average Bonchev–Trinajstić information content (AvgIpc) is 0.848. The van der Waals surface area contributed by atoms with E-state index in [1.165, 1.54) is 12.1 Å². The minimum Gasteiger partial charge on any atom is -0.487 e. The van der Waals surface area contributed by atoms with E-state index < -0.39 is 35.8 Å². The molecule has 3 aromatic heterocycles. The van der Waals surface area contributed by atoms with Gasteiger partial charge in [0.1, 0.15) is 37.1 Å². The molecular weight excluding hydrogens is 1360 g/mol. The van der Waals surface area contributed by atoms with E-state index >= 15 is 0 Å². The fraction of sp³-hybridized carbons (Fsp3) is 0.106. The van der Waals surface area contributed by atoms with Crippen molar-refractivity contribution in [2.75, 3.05) is 11.1 Å². The highest BCUT2D eigenvalue weighted by atomic mass is 16.5. The van der Waals surface area contributed by atoms with Crippen LogP contribution >= 0.6 is 0 Å². The molecule has 0 saturated heterocycles. The molecule has 0 atom stereocenters. The Morgan fingerprint density at radius 2 is 0.710 bits per heavy atom. The van der Waals surface area contributed by atoms with Gasteiger partial charge in [0.2, 0.25) is 0 Å². The summed E-state index contributed by atoms with van der Waals surface area (Å²) in [6.45, 7) is 8.14. The first kappa shape index (κ1) is 77.0. The van der Waals surface area contributed by atoms with Crippen molar-refractivity contribution in [3.05, 3.63) is 344 Å². The highest BCUT2D eigenvalue weighted by molar-refractivity contribution is 6.08. The van der Waals surface area contributed by atoms with E-state index in [0.717, 1.165) is 55.4 Å². The quantitative estimate of drug-likeness (QED) is 0.0320. The highest BCUT2D eigenvalue weighted by Crippen LogP contribution is 2.25. The molecule has 0 saturated carbocycles. The van der Waals surface area contributed by atoms with E-state index in [4.69, 9.17) is 41.0 Å². The number of amides is 2. The minimum absolute atomic E-state index is 0.0747. The molecule has 0 radical (unpaired) electrons. The number of benzene rings is 10. The topological polar surface area (TPSA) is 363 Å². The van der Waals surface area contributed by atoms with Gasteiger partial charge in [-0.3, -0.25) is 9.59 Å². The summed E-state index contributed by atoms with van der Waals surface area (Å²) in [4.78, 5) is 94.3. The van der Waals surface area contributed by atoms with Crippen LogP contribution in [-0.4, -0.2) is 82.1 Å². The third-order valence-corrected chi connectivity index (χ3v) is 16.5. The van der Waals surface area contributed by atoms with Crippen LogP contribution in [0.25, 0.3) is 32.7 Å². The summed E-state index contributed by atoms with van der Waals surface area (Å²) in [6.07, 6.45) is 0. The molecule has 0 unspecified atom stereocenters. The molecule has 10 aromatic carbocycles. The number of pyridine rings is 3. The first-order valence-corrected chi connectivity index (χ1v) is 33.3. The average molecular weight is 1430 g/mol. The number of carboxylic acids is 5. The molecule has 22 nitrogen and oxygen atoms in total. The van der Waals surface area contributed by atoms with Gasteiger partial charge in [-0.2, -0.15) is 0 Å². The van der Waals surface area contributed by atoms with Gasteiger partial charge >= 0.3 is 29.8 Å². The zero-order valence-electron chi connectivity index (χ0n) is 58.6. The zero-order valence-corrected chi connectivity index (χ0v) is 58.6. The van der Waals surface area contributed by atoms with Crippen molar-refractivity contribution in [1.29, 1.82) is 0 Å². The number of nitrogens with one attached hydrogen (secondary N) is 2. The predicted molar refractivity (Wildman–Crippen MR) is 408 cm³/mol. The smallest absolute Gasteiger partial charge is 0.338 e. The molecule has 0 aliphatic rings. The molecule has 0 bridgehead atoms. The van der Waals surface area contributed by atoms with Gasteiger partial charge in [-0.25, -0.2) is 38.9 Å². The molecule has 13 rings (SSSR count). The Labute approximate surface area is 615 Å². The van der Waals surface area contributed by atoms with Crippen molar-refractivity contribution in [1.82, 2.24) is 20.3 Å². The van der Waals surface area contributed by atoms with Gasteiger partial charge in [-0.15, -0.1) is 0 Å². The third-order valence-electron chi connectivity index (χ3n) is 16.5. The summed E-state index contributed by atoms with van der Waals surface area (Å²) in [6, 6.07) is 75.8. The standard InChI is InChI=1S/C26H22N2O4.C25H20N2O4.C17H13NO3.C9H11NO2.C8H9NO2/c1-17-6-4-9-20(24(17)26(30)31)15-27-25(29)19-8-5-10-22(14-19)32-16-21-13-12-18-7-2-3-11-23(18)28-21;1-16-6-4-11-22(23(16)25(29)30)27-24(28)18-8-5-9-20(14-18)31-15-19-13-12-17-7-2-3-10-21(17)26-19;19-17(20)13-5-3-6-15(10-13)21-11-14-9-8-12-4-1-2-7-16(12)18-14;1-6-3-2-4-7(5-10)8(6)9(11)12;1-5-3-2-4-6(9)7(5)8(10)11/h2-14H,15-16H2,1H3,(H,27,29)(H,30,31);2-14H,15H2,1H3,(H,27,28)(H,29,30);1-10H,11H2,(H,19,20);2-4H,5,10H2,1H3,(H,11,12);2-4H,9H2,1H3,(H,10,11). The number of para-hydroxylation sites is 3. The number of nitrogens with two attached hydrogens (primary N) is 2. The molecule has 0 aliphatic heterocycles. The molecule has 3 heterocycles. The lowest BCUT2D eigenvalue weighted by Crippen LogP contribution is -2.24. The van der Waals surface area contributed by atoms with Gasteiger partial charge < -0.3 is 61.8 Å². The Balaban J connectivity index is 0.000000164. The molecule has 0 aliphatic carbocycles. The van der Waals surface area contributed by atoms with Gasteiger partial charge in [0.25, 0.3) is 11.8 Å². The number of nitrogen functional groups attached to an aromatic ring is 1. The maximum Gasteiger partial charge on any atom is 0.338 e. The molecule has 11 N–H and O–H groups in total. The number of nitrogens with zero attached hydrogens (tertiary/aromatic N) is 3. The van der Waals surface area contributed by atoms with Crippen LogP contribution in [0.5, 0.6) is 17.2 Å². The SMILES string of the molecule is Cc1cccc(CN)c1C(=O)O.Cc1cccc(CNC(=O)c2cccc(OCc3ccc4ccccc4n3)c2)c1C(=O)O.Cc1cccc(N)c1C(=O)O.Cc1cccc(NC(=O)c2cccc(OCc3ccc4ccccc4n3)c2)c1C(=O)O.O=C(O)c1cccc(OCc2ccc3ccccc3n2)c1. The highest BCUT2D eigenvalue weighted by Gasteiger charge is 2.19. The van der Waals surface area contributed by atoms with E-state index in [-0.39, 0.29) is 60.2 Å². The summed E-state index contributed by atoms with van der Waals surface area (Å²) in [5, 5.41) is 54.0. The summed E-state index contributed by atoms with van der Waals surface area (Å²) >= 11 is 0. The third kappa shape index (κ3) is 21.5. The Hall–Kier alpha value is -14.1. The van der Waals surface area contributed by atoms with Gasteiger partial charge in [0.05, 0.1) is 67.1 Å². The van der Waals surface area contributed by atoms with Crippen LogP contribution in [-0.2, 0) is 32.9 Å². The number of ether oxygens (including phenoxy) is 3.